The lowest BCUT2D eigenvalue weighted by molar-refractivity contribution is -0.123. The van der Waals surface area contributed by atoms with Crippen LogP contribution in [0.3, 0.4) is 0 Å². The quantitative estimate of drug-likeness (QED) is 0.365. The van der Waals surface area contributed by atoms with Gasteiger partial charge in [0.2, 0.25) is 5.91 Å². The molecule has 0 bridgehead atoms. The summed E-state index contributed by atoms with van der Waals surface area (Å²) in [4.78, 5) is 45.0. The summed E-state index contributed by atoms with van der Waals surface area (Å²) in [5.74, 6) is -0.724. The zero-order chi connectivity index (χ0) is 26.7. The molecule has 7 nitrogen and oxygen atoms in total. The van der Waals surface area contributed by atoms with Crippen LogP contribution in [0.2, 0.25) is 0 Å². The summed E-state index contributed by atoms with van der Waals surface area (Å²) in [5.41, 5.74) is 3.24. The van der Waals surface area contributed by atoms with Crippen molar-refractivity contribution in [3.63, 3.8) is 0 Å². The number of aromatic nitrogens is 1. The third-order valence-electron chi connectivity index (χ3n) is 7.00. The zero-order valence-corrected chi connectivity index (χ0v) is 22.5. The summed E-state index contributed by atoms with van der Waals surface area (Å²) in [6.45, 7) is 7.92. The predicted molar refractivity (Wildman–Crippen MR) is 147 cm³/mol. The summed E-state index contributed by atoms with van der Waals surface area (Å²) in [6.07, 6.45) is 6.90. The van der Waals surface area contributed by atoms with Gasteiger partial charge >= 0.3 is 5.97 Å². The maximum Gasteiger partial charge on any atom is 0.348 e. The van der Waals surface area contributed by atoms with Crippen LogP contribution in [-0.4, -0.2) is 33.9 Å². The number of amides is 2. The number of pyridine rings is 1. The Morgan fingerprint density at radius 3 is 2.35 bits per heavy atom. The molecule has 0 spiro atoms. The molecular weight excluding hydrogens is 486 g/mol. The first-order valence-corrected chi connectivity index (χ1v) is 13.5. The Kier molecular flexibility index (Phi) is 8.07. The number of hydrogen-bond donors (Lipinski definition) is 2. The lowest BCUT2D eigenvalue weighted by Gasteiger charge is -2.33. The highest BCUT2D eigenvalue weighted by Crippen LogP contribution is 2.40. The molecule has 2 amide bonds. The van der Waals surface area contributed by atoms with Crippen molar-refractivity contribution in [3.8, 4) is 10.4 Å². The molecule has 0 radical (unpaired) electrons. The Morgan fingerprint density at radius 1 is 1.08 bits per heavy atom. The fourth-order valence-corrected chi connectivity index (χ4v) is 5.82. The summed E-state index contributed by atoms with van der Waals surface area (Å²) >= 11 is 1.16. The van der Waals surface area contributed by atoms with E-state index in [2.05, 4.69) is 17.2 Å². The molecule has 2 heterocycles. The zero-order valence-electron chi connectivity index (χ0n) is 21.7. The van der Waals surface area contributed by atoms with Crippen molar-refractivity contribution in [1.29, 1.82) is 0 Å². The molecular formula is C29H33N3O4S. The number of aryl methyl sites for hydroxylation is 1. The van der Waals surface area contributed by atoms with E-state index in [0.29, 0.717) is 22.9 Å². The summed E-state index contributed by atoms with van der Waals surface area (Å²) in [5, 5.41) is 12.9. The molecule has 0 atom stereocenters. The SMILES string of the molecule is Cc1ccncc1C(=O)Nc1ccc(-c2cc(N(C(=O)[C@H]3CC[C@H](C)CC3)C(C)C)c(C(=O)O)s2)cc1. The van der Waals surface area contributed by atoms with Gasteiger partial charge in [0.25, 0.3) is 5.91 Å². The average molecular weight is 520 g/mol. The maximum atomic E-state index is 13.5. The van der Waals surface area contributed by atoms with E-state index in [9.17, 15) is 19.5 Å². The summed E-state index contributed by atoms with van der Waals surface area (Å²) in [6, 6.07) is 10.7. The van der Waals surface area contributed by atoms with E-state index < -0.39 is 5.97 Å². The molecule has 1 fully saturated rings. The van der Waals surface area contributed by atoms with E-state index in [-0.39, 0.29) is 28.7 Å². The van der Waals surface area contributed by atoms with Gasteiger partial charge in [-0.1, -0.05) is 19.1 Å². The maximum absolute atomic E-state index is 13.5. The summed E-state index contributed by atoms with van der Waals surface area (Å²) < 4.78 is 0. The Morgan fingerprint density at radius 2 is 1.76 bits per heavy atom. The van der Waals surface area contributed by atoms with E-state index >= 15 is 0 Å². The Labute approximate surface area is 221 Å². The van der Waals surface area contributed by atoms with Gasteiger partial charge in [0.15, 0.2) is 0 Å². The third-order valence-corrected chi connectivity index (χ3v) is 8.16. The highest BCUT2D eigenvalue weighted by atomic mass is 32.1. The number of nitrogens with zero attached hydrogens (tertiary/aromatic N) is 2. The molecule has 2 N–H and O–H groups in total. The Balaban J connectivity index is 1.58. The van der Waals surface area contributed by atoms with E-state index in [1.54, 1.807) is 29.3 Å². The Hall–Kier alpha value is -3.52. The van der Waals surface area contributed by atoms with Gasteiger partial charge < -0.3 is 15.3 Å². The number of aromatic carboxylic acids is 1. The molecule has 0 saturated heterocycles. The van der Waals surface area contributed by atoms with E-state index in [1.807, 2.05) is 39.0 Å². The number of thiophene rings is 1. The minimum atomic E-state index is -1.04. The number of carbonyl (C=O) groups excluding carboxylic acids is 2. The van der Waals surface area contributed by atoms with Crippen LogP contribution < -0.4 is 10.2 Å². The number of benzene rings is 1. The number of anilines is 2. The van der Waals surface area contributed by atoms with Crippen LogP contribution in [0.5, 0.6) is 0 Å². The van der Waals surface area contributed by atoms with Crippen molar-refractivity contribution in [1.82, 2.24) is 4.98 Å². The molecule has 2 aromatic heterocycles. The molecule has 1 aliphatic carbocycles. The first kappa shape index (κ1) is 26.5. The molecule has 3 aromatic rings. The van der Waals surface area contributed by atoms with Gasteiger partial charge in [-0.25, -0.2) is 4.79 Å². The second kappa shape index (κ2) is 11.3. The number of nitrogens with one attached hydrogen (secondary N) is 1. The first-order chi connectivity index (χ1) is 17.7. The van der Waals surface area contributed by atoms with Crippen molar-refractivity contribution in [2.45, 2.75) is 59.4 Å². The highest BCUT2D eigenvalue weighted by molar-refractivity contribution is 7.18. The fourth-order valence-electron chi connectivity index (χ4n) is 4.83. The molecule has 1 saturated carbocycles. The molecule has 0 unspecified atom stereocenters. The number of rotatable bonds is 7. The van der Waals surface area contributed by atoms with E-state index in [4.69, 9.17) is 0 Å². The van der Waals surface area contributed by atoms with Crippen molar-refractivity contribution in [3.05, 3.63) is 64.8 Å². The highest BCUT2D eigenvalue weighted by Gasteiger charge is 2.33. The predicted octanol–water partition coefficient (Wildman–Crippen LogP) is 6.64. The molecule has 194 valence electrons. The lowest BCUT2D eigenvalue weighted by atomic mass is 9.82. The van der Waals surface area contributed by atoms with Crippen molar-refractivity contribution in [2.24, 2.45) is 11.8 Å². The largest absolute Gasteiger partial charge is 0.477 e. The fraction of sp³-hybridized carbons (Fsp3) is 0.379. The third kappa shape index (κ3) is 5.91. The van der Waals surface area contributed by atoms with Crippen LogP contribution in [0, 0.1) is 18.8 Å². The van der Waals surface area contributed by atoms with Crippen LogP contribution in [0.15, 0.2) is 48.8 Å². The average Bonchev–Trinajstić information content (AvgIpc) is 3.30. The number of carbonyl (C=O) groups is 3. The van der Waals surface area contributed by atoms with Gasteiger partial charge in [-0.05, 0) is 87.8 Å². The number of carboxylic acid groups (broad SMARTS) is 1. The van der Waals surface area contributed by atoms with Gasteiger partial charge in [-0.15, -0.1) is 11.3 Å². The smallest absolute Gasteiger partial charge is 0.348 e. The molecule has 8 heteroatoms. The second-order valence-electron chi connectivity index (χ2n) is 10.1. The van der Waals surface area contributed by atoms with Crippen LogP contribution in [-0.2, 0) is 4.79 Å². The van der Waals surface area contributed by atoms with Crippen LogP contribution in [0.4, 0.5) is 11.4 Å². The van der Waals surface area contributed by atoms with E-state index in [0.717, 1.165) is 53.0 Å². The monoisotopic (exact) mass is 519 g/mol. The van der Waals surface area contributed by atoms with Gasteiger partial charge in [-0.3, -0.25) is 14.6 Å². The van der Waals surface area contributed by atoms with Gasteiger partial charge in [0, 0.05) is 34.9 Å². The van der Waals surface area contributed by atoms with Gasteiger partial charge in [-0.2, -0.15) is 0 Å². The number of carboxylic acids is 1. The molecule has 4 rings (SSSR count). The van der Waals surface area contributed by atoms with Crippen LogP contribution >= 0.6 is 11.3 Å². The van der Waals surface area contributed by atoms with Gasteiger partial charge in [0.05, 0.1) is 11.3 Å². The first-order valence-electron chi connectivity index (χ1n) is 12.7. The van der Waals surface area contributed by atoms with Crippen LogP contribution in [0.25, 0.3) is 10.4 Å². The van der Waals surface area contributed by atoms with Crippen LogP contribution in [0.1, 0.15) is 72.0 Å². The van der Waals surface area contributed by atoms with Crippen molar-refractivity contribution >= 4 is 40.5 Å². The van der Waals surface area contributed by atoms with Crippen molar-refractivity contribution < 1.29 is 19.5 Å². The Bertz CT molecular complexity index is 1290. The molecule has 1 aliphatic rings. The topological polar surface area (TPSA) is 99.6 Å². The normalized spacial score (nSPS) is 17.4. The summed E-state index contributed by atoms with van der Waals surface area (Å²) in [7, 11) is 0. The minimum Gasteiger partial charge on any atom is -0.477 e. The molecule has 37 heavy (non-hydrogen) atoms. The van der Waals surface area contributed by atoms with E-state index in [1.165, 1.54) is 6.20 Å². The van der Waals surface area contributed by atoms with Crippen molar-refractivity contribution in [2.75, 3.05) is 10.2 Å². The minimum absolute atomic E-state index is 0.0116. The standard InChI is InChI=1S/C29H33N3O4S/c1-17(2)32(28(34)21-7-5-18(3)6-8-21)24-15-25(37-26(24)29(35)36)20-9-11-22(12-10-20)31-27(33)23-16-30-14-13-19(23)4/h9-18,21H,5-8H2,1-4H3,(H,31,33)(H,35,36)/t18-,21-. The lowest BCUT2D eigenvalue weighted by Crippen LogP contribution is -2.42. The molecule has 0 aliphatic heterocycles. The number of hydrogen-bond acceptors (Lipinski definition) is 5. The second-order valence-corrected chi connectivity index (χ2v) is 11.2. The van der Waals surface area contributed by atoms with Gasteiger partial charge in [0.1, 0.15) is 4.88 Å². The molecule has 1 aromatic carbocycles.